The number of aliphatic hydroxyl groups is 1. The van der Waals surface area contributed by atoms with Crippen molar-refractivity contribution in [2.75, 3.05) is 45.9 Å². The molecule has 0 spiro atoms. The van der Waals surface area contributed by atoms with Crippen molar-refractivity contribution in [2.45, 2.75) is 19.1 Å². The average Bonchev–Trinajstić information content (AvgIpc) is 2.79. The molecule has 1 aliphatic rings. The molecule has 1 fully saturated rings. The van der Waals surface area contributed by atoms with E-state index in [1.807, 2.05) is 31.2 Å². The number of halogens is 3. The maximum atomic E-state index is 13.4. The normalized spacial score (nSPS) is 16.7. The van der Waals surface area contributed by atoms with Crippen molar-refractivity contribution in [1.82, 2.24) is 15.5 Å². The van der Waals surface area contributed by atoms with E-state index in [1.165, 1.54) is 12.1 Å². The topological polar surface area (TPSA) is 69.1 Å². The molecule has 1 aliphatic heterocycles. The first kappa shape index (κ1) is 26.8. The summed E-state index contributed by atoms with van der Waals surface area (Å²) in [6.45, 7) is 6.45. The Bertz CT molecular complexity index is 833. The van der Waals surface area contributed by atoms with Crippen LogP contribution in [0.5, 0.6) is 0 Å². The summed E-state index contributed by atoms with van der Waals surface area (Å²) in [6, 6.07) is 13.7. The summed E-state index contributed by atoms with van der Waals surface area (Å²) in [5, 5.41) is 17.5. The van der Waals surface area contributed by atoms with Gasteiger partial charge in [-0.2, -0.15) is 0 Å². The lowest BCUT2D eigenvalue weighted by Gasteiger charge is -2.34. The Morgan fingerprint density at radius 3 is 2.34 bits per heavy atom. The Morgan fingerprint density at radius 1 is 1.09 bits per heavy atom. The first-order valence-corrected chi connectivity index (χ1v) is 11.0. The fraction of sp³-hybridized carbons (Fsp3) is 0.435. The Labute approximate surface area is 211 Å². The van der Waals surface area contributed by atoms with Gasteiger partial charge < -0.3 is 20.5 Å². The van der Waals surface area contributed by atoms with Gasteiger partial charge in [-0.1, -0.05) is 35.9 Å². The van der Waals surface area contributed by atoms with Crippen molar-refractivity contribution in [3.05, 3.63) is 70.5 Å². The first-order valence-electron chi connectivity index (χ1n) is 10.6. The van der Waals surface area contributed by atoms with Crippen molar-refractivity contribution in [1.29, 1.82) is 0 Å². The summed E-state index contributed by atoms with van der Waals surface area (Å²) in [5.74, 6) is 0.370. The number of hydrogen-bond acceptors (Lipinski definition) is 4. The molecule has 2 aromatic carbocycles. The summed E-state index contributed by atoms with van der Waals surface area (Å²) in [5.41, 5.74) is 1.80. The third-order valence-electron chi connectivity index (χ3n) is 5.23. The first-order chi connectivity index (χ1) is 15.1. The monoisotopic (exact) mass is 576 g/mol. The number of guanidine groups is 1. The fourth-order valence-corrected chi connectivity index (χ4v) is 3.65. The molecule has 9 heteroatoms. The second-order valence-corrected chi connectivity index (χ2v) is 7.82. The van der Waals surface area contributed by atoms with Crippen LogP contribution in [0.1, 0.15) is 30.2 Å². The van der Waals surface area contributed by atoms with E-state index >= 15 is 0 Å². The third kappa shape index (κ3) is 8.15. The van der Waals surface area contributed by atoms with Gasteiger partial charge in [0.2, 0.25) is 0 Å². The van der Waals surface area contributed by atoms with Crippen LogP contribution in [0.2, 0.25) is 5.02 Å². The highest BCUT2D eigenvalue weighted by Gasteiger charge is 2.22. The molecule has 3 N–H and O–H groups in total. The van der Waals surface area contributed by atoms with Gasteiger partial charge in [0, 0.05) is 31.2 Å². The molecule has 0 saturated carbocycles. The second kappa shape index (κ2) is 13.9. The molecule has 1 heterocycles. The summed E-state index contributed by atoms with van der Waals surface area (Å²) in [7, 11) is 0. The molecule has 1 saturated heterocycles. The number of rotatable bonds is 8. The van der Waals surface area contributed by atoms with Crippen molar-refractivity contribution in [2.24, 2.45) is 4.99 Å². The quantitative estimate of drug-likeness (QED) is 0.254. The zero-order valence-electron chi connectivity index (χ0n) is 18.1. The molecule has 32 heavy (non-hydrogen) atoms. The van der Waals surface area contributed by atoms with Crippen LogP contribution in [0.4, 0.5) is 4.39 Å². The Balaban J connectivity index is 0.00000363. The molecule has 0 aliphatic carbocycles. The number of aliphatic hydroxyl groups excluding tert-OH is 1. The van der Waals surface area contributed by atoms with Crippen molar-refractivity contribution >= 4 is 41.5 Å². The molecule has 0 aromatic heterocycles. The zero-order chi connectivity index (χ0) is 22.1. The molecule has 3 rings (SSSR count). The number of hydrogen-bond donors (Lipinski definition) is 3. The van der Waals surface area contributed by atoms with Crippen LogP contribution in [0.15, 0.2) is 53.5 Å². The van der Waals surface area contributed by atoms with Crippen molar-refractivity contribution < 1.29 is 14.2 Å². The van der Waals surface area contributed by atoms with Gasteiger partial charge in [-0.3, -0.25) is 9.89 Å². The Hall–Kier alpha value is -1.46. The zero-order valence-corrected chi connectivity index (χ0v) is 21.2. The van der Waals surface area contributed by atoms with Crippen LogP contribution in [0, 0.1) is 5.82 Å². The predicted molar refractivity (Wildman–Crippen MR) is 137 cm³/mol. The van der Waals surface area contributed by atoms with Crippen molar-refractivity contribution in [3.63, 3.8) is 0 Å². The lowest BCUT2D eigenvalue weighted by Crippen LogP contribution is -2.42. The molecular weight excluding hydrogens is 546 g/mol. The largest absolute Gasteiger partial charge is 0.387 e. The molecular formula is C23H31ClFIN4O2. The second-order valence-electron chi connectivity index (χ2n) is 7.38. The summed E-state index contributed by atoms with van der Waals surface area (Å²) in [6.07, 6.45) is -0.687. The number of ether oxygens (including phenoxy) is 1. The van der Waals surface area contributed by atoms with E-state index in [9.17, 15) is 9.50 Å². The molecule has 0 radical (unpaired) electrons. The number of nitrogens with zero attached hydrogens (tertiary/aromatic N) is 2. The van der Waals surface area contributed by atoms with Gasteiger partial charge in [0.1, 0.15) is 5.82 Å². The van der Waals surface area contributed by atoms with Crippen LogP contribution in [0.3, 0.4) is 0 Å². The minimum Gasteiger partial charge on any atom is -0.387 e. The van der Waals surface area contributed by atoms with Crippen LogP contribution in [-0.4, -0.2) is 61.9 Å². The summed E-state index contributed by atoms with van der Waals surface area (Å²) >= 11 is 5.92. The van der Waals surface area contributed by atoms with Crippen LogP contribution < -0.4 is 10.6 Å². The average molecular weight is 577 g/mol. The highest BCUT2D eigenvalue weighted by molar-refractivity contribution is 14.0. The maximum Gasteiger partial charge on any atom is 0.191 e. The maximum absolute atomic E-state index is 13.4. The summed E-state index contributed by atoms with van der Waals surface area (Å²) in [4.78, 5) is 7.07. The highest BCUT2D eigenvalue weighted by Crippen LogP contribution is 2.23. The minimum absolute atomic E-state index is 0. The van der Waals surface area contributed by atoms with E-state index in [1.54, 1.807) is 12.1 Å². The third-order valence-corrected chi connectivity index (χ3v) is 5.48. The van der Waals surface area contributed by atoms with Gasteiger partial charge in [-0.15, -0.1) is 24.0 Å². The number of aliphatic imine (C=N–C) groups is 1. The SMILES string of the molecule is CCNC(=NCC(c1ccc(F)cc1)N1CCOCC1)NCC(O)c1ccc(Cl)cc1.I. The van der Waals surface area contributed by atoms with Crippen LogP contribution >= 0.6 is 35.6 Å². The van der Waals surface area contributed by atoms with E-state index in [4.69, 9.17) is 21.3 Å². The van der Waals surface area contributed by atoms with E-state index < -0.39 is 6.10 Å². The molecule has 6 nitrogen and oxygen atoms in total. The fourth-order valence-electron chi connectivity index (χ4n) is 3.52. The van der Waals surface area contributed by atoms with E-state index in [-0.39, 0.29) is 35.8 Å². The van der Waals surface area contributed by atoms with Crippen LogP contribution in [-0.2, 0) is 4.74 Å². The van der Waals surface area contributed by atoms with E-state index in [0.29, 0.717) is 43.8 Å². The van der Waals surface area contributed by atoms with Gasteiger partial charge in [0.05, 0.1) is 31.9 Å². The van der Waals surface area contributed by atoms with Gasteiger partial charge in [0.25, 0.3) is 0 Å². The van der Waals surface area contributed by atoms with Gasteiger partial charge >= 0.3 is 0 Å². The number of benzene rings is 2. The Kier molecular flexibility index (Phi) is 11.7. The minimum atomic E-state index is -0.687. The van der Waals surface area contributed by atoms with Gasteiger partial charge in [0.15, 0.2) is 5.96 Å². The highest BCUT2D eigenvalue weighted by atomic mass is 127. The lowest BCUT2D eigenvalue weighted by molar-refractivity contribution is 0.0179. The number of morpholine rings is 1. The molecule has 0 bridgehead atoms. The molecule has 2 atom stereocenters. The van der Waals surface area contributed by atoms with Crippen molar-refractivity contribution in [3.8, 4) is 0 Å². The van der Waals surface area contributed by atoms with Crippen LogP contribution in [0.25, 0.3) is 0 Å². The standard InChI is InChI=1S/C23H30ClFN4O2.HI/c1-2-26-23(28-16-22(30)18-3-7-19(24)8-4-18)27-15-21(29-11-13-31-14-12-29)17-5-9-20(25)10-6-17;/h3-10,21-22,30H,2,11-16H2,1H3,(H2,26,27,28);1H. The smallest absolute Gasteiger partial charge is 0.191 e. The predicted octanol–water partition coefficient (Wildman–Crippen LogP) is 3.76. The van der Waals surface area contributed by atoms with Gasteiger partial charge in [-0.05, 0) is 42.3 Å². The number of nitrogens with one attached hydrogen (secondary N) is 2. The Morgan fingerprint density at radius 2 is 1.72 bits per heavy atom. The molecule has 176 valence electrons. The molecule has 2 unspecified atom stereocenters. The lowest BCUT2D eigenvalue weighted by atomic mass is 10.0. The summed E-state index contributed by atoms with van der Waals surface area (Å²) < 4.78 is 18.9. The molecule has 2 aromatic rings. The molecule has 0 amide bonds. The van der Waals surface area contributed by atoms with Gasteiger partial charge in [-0.25, -0.2) is 4.39 Å². The van der Waals surface area contributed by atoms with E-state index in [0.717, 1.165) is 24.2 Å². The van der Waals surface area contributed by atoms with E-state index in [2.05, 4.69) is 15.5 Å².